The molecule has 2 heteroatoms. The van der Waals surface area contributed by atoms with Crippen molar-refractivity contribution in [3.63, 3.8) is 0 Å². The standard InChI is InChI=1S/C50H28O2/c1-2-13-32-29(11-1)23-25-33(30-24-26-43-40(27-30)34-14-7-8-20-42(34)51-43)48(32)49-37-17-5-3-15-35(37)47(36-16-4-6-18-38(36)49)41-28-31-12-9-21-44-46(31)50-39(41)19-10-22-45(50)52-44/h1-28H. The fourth-order valence-corrected chi connectivity index (χ4v) is 9.04. The van der Waals surface area contributed by atoms with Gasteiger partial charge < -0.3 is 8.83 Å². The molecule has 12 aromatic rings. The van der Waals surface area contributed by atoms with E-state index in [-0.39, 0.29) is 0 Å². The van der Waals surface area contributed by atoms with E-state index in [9.17, 15) is 0 Å². The van der Waals surface area contributed by atoms with Crippen molar-refractivity contribution in [1.82, 2.24) is 0 Å². The summed E-state index contributed by atoms with van der Waals surface area (Å²) in [7, 11) is 0. The van der Waals surface area contributed by atoms with Gasteiger partial charge in [-0.05, 0) is 113 Å². The maximum atomic E-state index is 6.39. The number of rotatable bonds is 3. The number of furan rings is 2. The molecule has 0 N–H and O–H groups in total. The van der Waals surface area contributed by atoms with Crippen LogP contribution in [0.1, 0.15) is 0 Å². The van der Waals surface area contributed by atoms with Crippen LogP contribution < -0.4 is 0 Å². The molecule has 0 aliphatic carbocycles. The van der Waals surface area contributed by atoms with Gasteiger partial charge in [-0.3, -0.25) is 0 Å². The number of hydrogen-bond donors (Lipinski definition) is 0. The van der Waals surface area contributed by atoms with Crippen LogP contribution >= 0.6 is 0 Å². The van der Waals surface area contributed by atoms with Gasteiger partial charge in [-0.25, -0.2) is 0 Å². The third kappa shape index (κ3) is 3.73. The first-order chi connectivity index (χ1) is 25.8. The monoisotopic (exact) mass is 660 g/mol. The Morgan fingerprint density at radius 1 is 0.269 bits per heavy atom. The lowest BCUT2D eigenvalue weighted by atomic mass is 9.81. The van der Waals surface area contributed by atoms with Crippen LogP contribution in [-0.4, -0.2) is 0 Å². The zero-order chi connectivity index (χ0) is 33.9. The van der Waals surface area contributed by atoms with Crippen LogP contribution in [0, 0.1) is 0 Å². The number of para-hydroxylation sites is 1. The Morgan fingerprint density at radius 2 is 0.827 bits per heavy atom. The summed E-state index contributed by atoms with van der Waals surface area (Å²) in [6.45, 7) is 0. The molecule has 0 aliphatic heterocycles. The molecule has 0 fully saturated rings. The number of fused-ring (bicyclic) bond motifs is 6. The quantitative estimate of drug-likeness (QED) is 0.139. The average molecular weight is 661 g/mol. The van der Waals surface area contributed by atoms with Crippen molar-refractivity contribution in [2.45, 2.75) is 0 Å². The fourth-order valence-electron chi connectivity index (χ4n) is 9.04. The molecular formula is C50H28O2. The van der Waals surface area contributed by atoms with Crippen molar-refractivity contribution < 1.29 is 8.83 Å². The molecule has 10 aromatic carbocycles. The third-order valence-electron chi connectivity index (χ3n) is 11.2. The number of benzene rings is 10. The molecule has 0 aliphatic rings. The highest BCUT2D eigenvalue weighted by molar-refractivity contribution is 6.31. The SMILES string of the molecule is c1ccc2c(-c3c4ccccc4c(-c4cc5cccc6oc7cccc4c7c56)c4ccccc34)c(-c3ccc4oc5ccccc5c4c3)ccc2c1. The van der Waals surface area contributed by atoms with Crippen molar-refractivity contribution >= 4 is 87.0 Å². The van der Waals surface area contributed by atoms with E-state index in [4.69, 9.17) is 8.83 Å². The van der Waals surface area contributed by atoms with Gasteiger partial charge in [0, 0.05) is 21.5 Å². The van der Waals surface area contributed by atoms with Gasteiger partial charge in [0.15, 0.2) is 0 Å². The van der Waals surface area contributed by atoms with Gasteiger partial charge in [0.1, 0.15) is 22.3 Å². The summed E-state index contributed by atoms with van der Waals surface area (Å²) < 4.78 is 12.7. The molecule has 0 saturated heterocycles. The molecule has 52 heavy (non-hydrogen) atoms. The highest BCUT2D eigenvalue weighted by Crippen LogP contribution is 2.51. The lowest BCUT2D eigenvalue weighted by Crippen LogP contribution is -1.94. The van der Waals surface area contributed by atoms with Crippen molar-refractivity contribution in [3.05, 3.63) is 170 Å². The van der Waals surface area contributed by atoms with E-state index in [2.05, 4.69) is 158 Å². The van der Waals surface area contributed by atoms with Crippen LogP contribution in [0.3, 0.4) is 0 Å². The molecular weight excluding hydrogens is 633 g/mol. The molecule has 0 unspecified atom stereocenters. The summed E-state index contributed by atoms with van der Waals surface area (Å²) in [6, 6.07) is 61.6. The highest BCUT2D eigenvalue weighted by atomic mass is 16.3. The maximum Gasteiger partial charge on any atom is 0.136 e. The molecule has 0 saturated carbocycles. The second-order valence-electron chi connectivity index (χ2n) is 13.9. The average Bonchev–Trinajstić information content (AvgIpc) is 3.78. The molecule has 0 bridgehead atoms. The minimum Gasteiger partial charge on any atom is -0.456 e. The minimum absolute atomic E-state index is 0.903. The van der Waals surface area contributed by atoms with E-state index in [1.807, 2.05) is 12.1 Å². The summed E-state index contributed by atoms with van der Waals surface area (Å²) in [5.74, 6) is 0. The van der Waals surface area contributed by atoms with E-state index < -0.39 is 0 Å². The molecule has 0 atom stereocenters. The molecule has 2 heterocycles. The largest absolute Gasteiger partial charge is 0.456 e. The first kappa shape index (κ1) is 27.9. The van der Waals surface area contributed by atoms with E-state index in [0.29, 0.717) is 0 Å². The Kier molecular flexibility index (Phi) is 5.53. The molecule has 12 rings (SSSR count). The summed E-state index contributed by atoms with van der Waals surface area (Å²) >= 11 is 0. The predicted molar refractivity (Wildman–Crippen MR) is 219 cm³/mol. The molecule has 240 valence electrons. The lowest BCUT2D eigenvalue weighted by Gasteiger charge is -2.22. The Morgan fingerprint density at radius 3 is 1.62 bits per heavy atom. The van der Waals surface area contributed by atoms with Gasteiger partial charge in [-0.15, -0.1) is 0 Å². The van der Waals surface area contributed by atoms with E-state index in [1.165, 1.54) is 87.2 Å². The van der Waals surface area contributed by atoms with Crippen molar-refractivity contribution in [2.75, 3.05) is 0 Å². The van der Waals surface area contributed by atoms with Gasteiger partial charge >= 0.3 is 0 Å². The van der Waals surface area contributed by atoms with Crippen LogP contribution in [0.4, 0.5) is 0 Å². The molecule has 0 amide bonds. The van der Waals surface area contributed by atoms with Crippen LogP contribution in [0.2, 0.25) is 0 Å². The Labute approximate surface area is 298 Å². The van der Waals surface area contributed by atoms with Crippen molar-refractivity contribution in [2.24, 2.45) is 0 Å². The second-order valence-corrected chi connectivity index (χ2v) is 13.9. The van der Waals surface area contributed by atoms with Gasteiger partial charge in [0.2, 0.25) is 0 Å². The van der Waals surface area contributed by atoms with E-state index in [0.717, 1.165) is 33.1 Å². The maximum absolute atomic E-state index is 6.39. The Balaban J connectivity index is 1.23. The van der Waals surface area contributed by atoms with Crippen molar-refractivity contribution in [1.29, 1.82) is 0 Å². The minimum atomic E-state index is 0.903. The van der Waals surface area contributed by atoms with Gasteiger partial charge in [-0.1, -0.05) is 133 Å². The third-order valence-corrected chi connectivity index (χ3v) is 11.2. The smallest absolute Gasteiger partial charge is 0.136 e. The summed E-state index contributed by atoms with van der Waals surface area (Å²) in [5, 5.41) is 14.4. The predicted octanol–water partition coefficient (Wildman–Crippen LogP) is 14.5. The molecule has 0 radical (unpaired) electrons. The summed E-state index contributed by atoms with van der Waals surface area (Å²) in [6.07, 6.45) is 0. The summed E-state index contributed by atoms with van der Waals surface area (Å²) in [4.78, 5) is 0. The first-order valence-electron chi connectivity index (χ1n) is 17.8. The van der Waals surface area contributed by atoms with Crippen LogP contribution in [0.25, 0.3) is 120 Å². The lowest BCUT2D eigenvalue weighted by molar-refractivity contribution is 0.668. The van der Waals surface area contributed by atoms with Gasteiger partial charge in [-0.2, -0.15) is 0 Å². The topological polar surface area (TPSA) is 26.3 Å². The van der Waals surface area contributed by atoms with E-state index in [1.54, 1.807) is 0 Å². The zero-order valence-corrected chi connectivity index (χ0v) is 28.0. The van der Waals surface area contributed by atoms with Gasteiger partial charge in [0.25, 0.3) is 0 Å². The fraction of sp³-hybridized carbons (Fsp3) is 0. The van der Waals surface area contributed by atoms with Gasteiger partial charge in [0.05, 0.1) is 0 Å². The van der Waals surface area contributed by atoms with Crippen LogP contribution in [-0.2, 0) is 0 Å². The Hall–Kier alpha value is -6.90. The van der Waals surface area contributed by atoms with Crippen molar-refractivity contribution in [3.8, 4) is 33.4 Å². The molecule has 0 spiro atoms. The number of hydrogen-bond acceptors (Lipinski definition) is 2. The normalized spacial score (nSPS) is 12.2. The molecule has 2 nitrogen and oxygen atoms in total. The molecule has 2 aromatic heterocycles. The van der Waals surface area contributed by atoms with E-state index >= 15 is 0 Å². The zero-order valence-electron chi connectivity index (χ0n) is 28.0. The Bertz CT molecular complexity index is 3360. The highest BCUT2D eigenvalue weighted by Gasteiger charge is 2.24. The second kappa shape index (κ2) is 10.3. The van der Waals surface area contributed by atoms with Crippen LogP contribution in [0.5, 0.6) is 0 Å². The summed E-state index contributed by atoms with van der Waals surface area (Å²) in [5.41, 5.74) is 11.0. The first-order valence-corrected chi connectivity index (χ1v) is 17.8. The van der Waals surface area contributed by atoms with Crippen LogP contribution in [0.15, 0.2) is 179 Å².